The van der Waals surface area contributed by atoms with Gasteiger partial charge < -0.3 is 10.2 Å². The molecule has 0 unspecified atom stereocenters. The minimum absolute atomic E-state index is 0. The minimum atomic E-state index is -0.907. The van der Waals surface area contributed by atoms with Gasteiger partial charge in [-0.1, -0.05) is 6.92 Å². The van der Waals surface area contributed by atoms with Crippen LogP contribution < -0.4 is 5.32 Å². The Morgan fingerprint density at radius 1 is 1.21 bits per heavy atom. The number of hydrogen-bond donors (Lipinski definition) is 1. The van der Waals surface area contributed by atoms with Crippen LogP contribution in [0.25, 0.3) is 5.69 Å². The third-order valence-electron chi connectivity index (χ3n) is 5.87. The lowest BCUT2D eigenvalue weighted by molar-refractivity contribution is 0.0682. The van der Waals surface area contributed by atoms with E-state index in [0.29, 0.717) is 17.3 Å². The van der Waals surface area contributed by atoms with Crippen LogP contribution in [0.1, 0.15) is 47.9 Å². The Morgan fingerprint density at radius 3 is 2.66 bits per heavy atom. The van der Waals surface area contributed by atoms with Gasteiger partial charge >= 0.3 is 0 Å². The van der Waals surface area contributed by atoms with Gasteiger partial charge in [-0.15, -0.1) is 12.4 Å². The Morgan fingerprint density at radius 2 is 1.97 bits per heavy atom. The average Bonchev–Trinajstić information content (AvgIpc) is 3.31. The monoisotopic (exact) mass is 424 g/mol. The SMILES string of the molecule is CCNCC1CCN(C(=O)c2nn(-c3ccc(F)c(F)c3)c3c2CCC3)CC1.Cl. The molecule has 2 aromatic rings. The topological polar surface area (TPSA) is 50.2 Å². The first-order valence-corrected chi connectivity index (χ1v) is 10.1. The normalized spacial score (nSPS) is 16.6. The molecule has 158 valence electrons. The van der Waals surface area contributed by atoms with Crippen LogP contribution >= 0.6 is 12.4 Å². The largest absolute Gasteiger partial charge is 0.337 e. The number of hydrogen-bond acceptors (Lipinski definition) is 3. The summed E-state index contributed by atoms with van der Waals surface area (Å²) in [6.45, 7) is 5.54. The minimum Gasteiger partial charge on any atom is -0.337 e. The van der Waals surface area contributed by atoms with Crippen molar-refractivity contribution in [1.29, 1.82) is 0 Å². The van der Waals surface area contributed by atoms with E-state index in [9.17, 15) is 13.6 Å². The summed E-state index contributed by atoms with van der Waals surface area (Å²) in [6, 6.07) is 3.75. The van der Waals surface area contributed by atoms with Gasteiger partial charge in [-0.2, -0.15) is 5.10 Å². The van der Waals surface area contributed by atoms with Crippen molar-refractivity contribution >= 4 is 18.3 Å². The molecular weight excluding hydrogens is 398 g/mol. The lowest BCUT2D eigenvalue weighted by Crippen LogP contribution is -2.41. The van der Waals surface area contributed by atoms with Crippen LogP contribution in [-0.4, -0.2) is 46.8 Å². The summed E-state index contributed by atoms with van der Waals surface area (Å²) < 4.78 is 28.6. The fraction of sp³-hybridized carbons (Fsp3) is 0.524. The highest BCUT2D eigenvalue weighted by Gasteiger charge is 2.31. The second kappa shape index (κ2) is 9.22. The van der Waals surface area contributed by atoms with Crippen LogP contribution in [0.3, 0.4) is 0 Å². The fourth-order valence-electron chi connectivity index (χ4n) is 4.28. The standard InChI is InChI=1S/C21H26F2N4O.ClH/c1-2-24-13-14-8-10-26(11-9-14)21(28)20-16-4-3-5-19(16)27(25-20)15-6-7-17(22)18(23)12-15;/h6-7,12,14,24H,2-5,8-11,13H2,1H3;1H. The molecule has 1 aliphatic carbocycles. The number of piperidine rings is 1. The van der Waals surface area contributed by atoms with Gasteiger partial charge in [0.2, 0.25) is 0 Å². The van der Waals surface area contributed by atoms with Gasteiger partial charge in [-0.25, -0.2) is 13.5 Å². The summed E-state index contributed by atoms with van der Waals surface area (Å²) >= 11 is 0. The van der Waals surface area contributed by atoms with E-state index in [2.05, 4.69) is 17.3 Å². The zero-order chi connectivity index (χ0) is 19.7. The van der Waals surface area contributed by atoms with Crippen molar-refractivity contribution in [1.82, 2.24) is 20.0 Å². The lowest BCUT2D eigenvalue weighted by atomic mass is 9.96. The first kappa shape index (κ1) is 21.7. The molecule has 2 heterocycles. The molecule has 5 nitrogen and oxygen atoms in total. The molecule has 0 spiro atoms. The Hall–Kier alpha value is -1.99. The van der Waals surface area contributed by atoms with Gasteiger partial charge in [0.1, 0.15) is 0 Å². The predicted octanol–water partition coefficient (Wildman–Crippen LogP) is 3.52. The Bertz CT molecular complexity index is 878. The molecule has 8 heteroatoms. The van der Waals surface area contributed by atoms with E-state index in [1.54, 1.807) is 4.68 Å². The third-order valence-corrected chi connectivity index (χ3v) is 5.87. The number of rotatable bonds is 5. The van der Waals surface area contributed by atoms with E-state index < -0.39 is 11.6 Å². The maximum absolute atomic E-state index is 13.7. The third kappa shape index (κ3) is 4.31. The number of nitrogens with one attached hydrogen (secondary N) is 1. The second-order valence-corrected chi connectivity index (χ2v) is 7.68. The van der Waals surface area contributed by atoms with Crippen molar-refractivity contribution < 1.29 is 13.6 Å². The van der Waals surface area contributed by atoms with Gasteiger partial charge in [0.15, 0.2) is 17.3 Å². The Labute approximate surface area is 175 Å². The summed E-state index contributed by atoms with van der Waals surface area (Å²) in [6.07, 6.45) is 4.52. The summed E-state index contributed by atoms with van der Waals surface area (Å²) in [5.74, 6) is -1.23. The zero-order valence-electron chi connectivity index (χ0n) is 16.6. The molecule has 1 aliphatic heterocycles. The van der Waals surface area contributed by atoms with Crippen LogP contribution in [0, 0.1) is 17.6 Å². The molecule has 29 heavy (non-hydrogen) atoms. The van der Waals surface area contributed by atoms with E-state index in [4.69, 9.17) is 0 Å². The van der Waals surface area contributed by atoms with Crippen LogP contribution in [0.15, 0.2) is 18.2 Å². The van der Waals surface area contributed by atoms with Crippen LogP contribution in [0.2, 0.25) is 0 Å². The Balaban J connectivity index is 0.00000240. The number of halogens is 3. The number of amides is 1. The van der Waals surface area contributed by atoms with Crippen molar-refractivity contribution in [3.8, 4) is 5.69 Å². The summed E-state index contributed by atoms with van der Waals surface area (Å²) in [5, 5.41) is 7.92. The van der Waals surface area contributed by atoms with E-state index in [1.165, 1.54) is 6.07 Å². The van der Waals surface area contributed by atoms with Gasteiger partial charge in [0.05, 0.1) is 5.69 Å². The smallest absolute Gasteiger partial charge is 0.274 e. The maximum Gasteiger partial charge on any atom is 0.274 e. The van der Waals surface area contributed by atoms with Gasteiger partial charge in [0.25, 0.3) is 5.91 Å². The second-order valence-electron chi connectivity index (χ2n) is 7.68. The Kier molecular flexibility index (Phi) is 6.90. The highest BCUT2D eigenvalue weighted by molar-refractivity contribution is 5.94. The van der Waals surface area contributed by atoms with Crippen LogP contribution in [0.4, 0.5) is 8.78 Å². The number of fused-ring (bicyclic) bond motifs is 1. The first-order valence-electron chi connectivity index (χ1n) is 10.1. The fourth-order valence-corrected chi connectivity index (χ4v) is 4.28. The number of aromatic nitrogens is 2. The lowest BCUT2D eigenvalue weighted by Gasteiger charge is -2.31. The molecule has 4 rings (SSSR count). The molecule has 1 amide bonds. The van der Waals surface area contributed by atoms with Crippen molar-refractivity contribution in [3.05, 3.63) is 46.8 Å². The van der Waals surface area contributed by atoms with Gasteiger partial charge in [-0.05, 0) is 63.2 Å². The number of likely N-dealkylation sites (tertiary alicyclic amines) is 1. The van der Waals surface area contributed by atoms with Crippen molar-refractivity contribution in [2.24, 2.45) is 5.92 Å². The molecule has 0 saturated carbocycles. The predicted molar refractivity (Wildman–Crippen MR) is 110 cm³/mol. The molecule has 1 N–H and O–H groups in total. The highest BCUT2D eigenvalue weighted by atomic mass is 35.5. The number of benzene rings is 1. The quantitative estimate of drug-likeness (QED) is 0.799. The van der Waals surface area contributed by atoms with Crippen molar-refractivity contribution in [2.75, 3.05) is 26.2 Å². The molecule has 0 atom stereocenters. The van der Waals surface area contributed by atoms with Crippen LogP contribution in [-0.2, 0) is 12.8 Å². The number of carbonyl (C=O) groups excluding carboxylic acids is 1. The van der Waals surface area contributed by atoms with Gasteiger partial charge in [0, 0.05) is 30.4 Å². The van der Waals surface area contributed by atoms with Gasteiger partial charge in [-0.3, -0.25) is 4.79 Å². The average molecular weight is 425 g/mol. The van der Waals surface area contributed by atoms with E-state index in [0.717, 1.165) is 81.7 Å². The molecule has 1 aromatic carbocycles. The summed E-state index contributed by atoms with van der Waals surface area (Å²) in [5.41, 5.74) is 2.84. The van der Waals surface area contributed by atoms with Crippen molar-refractivity contribution in [3.63, 3.8) is 0 Å². The summed E-state index contributed by atoms with van der Waals surface area (Å²) in [7, 11) is 0. The highest BCUT2D eigenvalue weighted by Crippen LogP contribution is 2.30. The molecular formula is C21H27ClF2N4O. The molecule has 1 saturated heterocycles. The van der Waals surface area contributed by atoms with E-state index in [1.807, 2.05) is 4.90 Å². The maximum atomic E-state index is 13.7. The van der Waals surface area contributed by atoms with Crippen molar-refractivity contribution in [2.45, 2.75) is 39.0 Å². The molecule has 1 aromatic heterocycles. The number of carbonyl (C=O) groups is 1. The van der Waals surface area contributed by atoms with Crippen LogP contribution in [0.5, 0.6) is 0 Å². The summed E-state index contributed by atoms with van der Waals surface area (Å²) in [4.78, 5) is 15.0. The first-order chi connectivity index (χ1) is 13.6. The van der Waals surface area contributed by atoms with E-state index in [-0.39, 0.29) is 18.3 Å². The molecule has 0 radical (unpaired) electrons. The molecule has 1 fully saturated rings. The van der Waals surface area contributed by atoms with E-state index >= 15 is 0 Å². The zero-order valence-corrected chi connectivity index (χ0v) is 17.4. The number of nitrogens with zero attached hydrogens (tertiary/aromatic N) is 3. The molecule has 2 aliphatic rings. The molecule has 0 bridgehead atoms.